The second kappa shape index (κ2) is 6.47. The third-order valence-corrected chi connectivity index (χ3v) is 3.15. The maximum absolute atomic E-state index is 4.56. The predicted molar refractivity (Wildman–Crippen MR) is 75.7 cm³/mol. The van der Waals surface area contributed by atoms with Crippen molar-refractivity contribution in [1.29, 1.82) is 0 Å². The zero-order valence-corrected chi connectivity index (χ0v) is 11.6. The van der Waals surface area contributed by atoms with E-state index in [2.05, 4.69) is 45.6 Å². The minimum absolute atomic E-state index is 0.830. The number of pyridine rings is 1. The van der Waals surface area contributed by atoms with Crippen LogP contribution in [0.2, 0.25) is 0 Å². The van der Waals surface area contributed by atoms with Crippen LogP contribution in [0.25, 0.3) is 0 Å². The van der Waals surface area contributed by atoms with Gasteiger partial charge in [-0.1, -0.05) is 6.07 Å². The topological polar surface area (TPSA) is 41.0 Å². The summed E-state index contributed by atoms with van der Waals surface area (Å²) in [5.41, 5.74) is 4.06. The molecule has 0 unspecified atom stereocenters. The lowest BCUT2D eigenvalue weighted by Gasteiger charge is -2.15. The zero-order chi connectivity index (χ0) is 12.8. The number of anilines is 1. The van der Waals surface area contributed by atoms with E-state index in [1.54, 1.807) is 11.3 Å². The SMILES string of the molecule is CCNc1cccc(CN(C)Cc2cscn2)n1. The molecule has 96 valence electrons. The molecule has 0 fully saturated rings. The molecule has 2 aromatic rings. The molecule has 0 aliphatic rings. The number of thiazole rings is 1. The fourth-order valence-electron chi connectivity index (χ4n) is 1.77. The Labute approximate surface area is 112 Å². The molecule has 1 N–H and O–H groups in total. The molecular formula is C13H18N4S. The molecular weight excluding hydrogens is 244 g/mol. The third kappa shape index (κ3) is 3.78. The summed E-state index contributed by atoms with van der Waals surface area (Å²) in [5.74, 6) is 0.942. The van der Waals surface area contributed by atoms with E-state index in [0.29, 0.717) is 0 Å². The Balaban J connectivity index is 1.93. The van der Waals surface area contributed by atoms with E-state index < -0.39 is 0 Å². The minimum Gasteiger partial charge on any atom is -0.370 e. The Kier molecular flexibility index (Phi) is 4.66. The van der Waals surface area contributed by atoms with Crippen LogP contribution in [0.15, 0.2) is 29.1 Å². The second-order valence-electron chi connectivity index (χ2n) is 4.20. The summed E-state index contributed by atoms with van der Waals surface area (Å²) < 4.78 is 0. The van der Waals surface area contributed by atoms with Crippen molar-refractivity contribution in [1.82, 2.24) is 14.9 Å². The van der Waals surface area contributed by atoms with Crippen molar-refractivity contribution < 1.29 is 0 Å². The first kappa shape index (κ1) is 13.0. The van der Waals surface area contributed by atoms with E-state index in [-0.39, 0.29) is 0 Å². The molecule has 2 aromatic heterocycles. The van der Waals surface area contributed by atoms with E-state index >= 15 is 0 Å². The normalized spacial score (nSPS) is 10.8. The van der Waals surface area contributed by atoms with Gasteiger partial charge in [-0.3, -0.25) is 4.90 Å². The van der Waals surface area contributed by atoms with Crippen LogP contribution in [0.5, 0.6) is 0 Å². The van der Waals surface area contributed by atoms with Gasteiger partial charge in [-0.25, -0.2) is 9.97 Å². The Bertz CT molecular complexity index is 470. The van der Waals surface area contributed by atoms with Crippen LogP contribution < -0.4 is 5.32 Å². The fourth-order valence-corrected chi connectivity index (χ4v) is 2.32. The summed E-state index contributed by atoms with van der Waals surface area (Å²) in [6.45, 7) is 4.65. The van der Waals surface area contributed by atoms with E-state index in [1.807, 2.05) is 17.6 Å². The van der Waals surface area contributed by atoms with Crippen molar-refractivity contribution in [3.8, 4) is 0 Å². The van der Waals surface area contributed by atoms with Crippen LogP contribution in [0.4, 0.5) is 5.82 Å². The van der Waals surface area contributed by atoms with Crippen molar-refractivity contribution >= 4 is 17.2 Å². The van der Waals surface area contributed by atoms with E-state index in [0.717, 1.165) is 36.8 Å². The van der Waals surface area contributed by atoms with Gasteiger partial charge in [0.1, 0.15) is 5.82 Å². The van der Waals surface area contributed by atoms with Crippen molar-refractivity contribution in [2.45, 2.75) is 20.0 Å². The Morgan fingerprint density at radius 1 is 1.28 bits per heavy atom. The summed E-state index contributed by atoms with van der Waals surface area (Å²) in [4.78, 5) is 11.1. The van der Waals surface area contributed by atoms with Gasteiger partial charge in [0.15, 0.2) is 0 Å². The largest absolute Gasteiger partial charge is 0.370 e. The number of hydrogen-bond donors (Lipinski definition) is 1. The van der Waals surface area contributed by atoms with E-state index in [4.69, 9.17) is 0 Å². The highest BCUT2D eigenvalue weighted by atomic mass is 32.1. The van der Waals surface area contributed by atoms with Crippen LogP contribution in [0.1, 0.15) is 18.3 Å². The Morgan fingerprint density at radius 3 is 2.83 bits per heavy atom. The van der Waals surface area contributed by atoms with Crippen LogP contribution in [-0.2, 0) is 13.1 Å². The molecule has 5 heteroatoms. The van der Waals surface area contributed by atoms with E-state index in [9.17, 15) is 0 Å². The summed E-state index contributed by atoms with van der Waals surface area (Å²) in [5, 5.41) is 5.31. The van der Waals surface area contributed by atoms with Crippen LogP contribution in [-0.4, -0.2) is 28.5 Å². The van der Waals surface area contributed by atoms with Gasteiger partial charge in [-0.15, -0.1) is 11.3 Å². The lowest BCUT2D eigenvalue weighted by molar-refractivity contribution is 0.312. The highest BCUT2D eigenvalue weighted by Crippen LogP contribution is 2.09. The Morgan fingerprint density at radius 2 is 2.11 bits per heavy atom. The fraction of sp³-hybridized carbons (Fsp3) is 0.385. The molecule has 0 amide bonds. The van der Waals surface area contributed by atoms with E-state index in [1.165, 1.54) is 0 Å². The predicted octanol–water partition coefficient (Wildman–Crippen LogP) is 2.60. The third-order valence-electron chi connectivity index (χ3n) is 2.51. The van der Waals surface area contributed by atoms with Gasteiger partial charge in [-0.05, 0) is 26.1 Å². The van der Waals surface area contributed by atoms with Crippen molar-refractivity contribution in [3.05, 3.63) is 40.5 Å². The molecule has 2 heterocycles. The summed E-state index contributed by atoms with van der Waals surface area (Å²) in [7, 11) is 2.08. The summed E-state index contributed by atoms with van der Waals surface area (Å²) >= 11 is 1.63. The van der Waals surface area contributed by atoms with Crippen LogP contribution in [0.3, 0.4) is 0 Å². The van der Waals surface area contributed by atoms with Gasteiger partial charge < -0.3 is 5.32 Å². The highest BCUT2D eigenvalue weighted by molar-refractivity contribution is 7.07. The first-order valence-electron chi connectivity index (χ1n) is 6.03. The van der Waals surface area contributed by atoms with Gasteiger partial charge in [0.05, 0.1) is 16.9 Å². The maximum atomic E-state index is 4.56. The molecule has 0 aliphatic carbocycles. The molecule has 0 saturated carbocycles. The number of hydrogen-bond acceptors (Lipinski definition) is 5. The number of aromatic nitrogens is 2. The number of nitrogens with one attached hydrogen (secondary N) is 1. The molecule has 0 saturated heterocycles. The molecule has 0 radical (unpaired) electrons. The molecule has 18 heavy (non-hydrogen) atoms. The van der Waals surface area contributed by atoms with Crippen LogP contribution in [0, 0.1) is 0 Å². The van der Waals surface area contributed by atoms with Gasteiger partial charge >= 0.3 is 0 Å². The monoisotopic (exact) mass is 262 g/mol. The van der Waals surface area contributed by atoms with Crippen molar-refractivity contribution in [3.63, 3.8) is 0 Å². The average Bonchev–Trinajstić information content (AvgIpc) is 2.82. The summed E-state index contributed by atoms with van der Waals surface area (Å²) in [6, 6.07) is 6.09. The highest BCUT2D eigenvalue weighted by Gasteiger charge is 2.04. The quantitative estimate of drug-likeness (QED) is 0.869. The summed E-state index contributed by atoms with van der Waals surface area (Å²) in [6.07, 6.45) is 0. The first-order chi connectivity index (χ1) is 8.78. The number of rotatable bonds is 6. The minimum atomic E-state index is 0.830. The lowest BCUT2D eigenvalue weighted by Crippen LogP contribution is -2.18. The average molecular weight is 262 g/mol. The zero-order valence-electron chi connectivity index (χ0n) is 10.8. The van der Waals surface area contributed by atoms with Crippen LogP contribution >= 0.6 is 11.3 Å². The second-order valence-corrected chi connectivity index (χ2v) is 4.92. The number of nitrogens with zero attached hydrogens (tertiary/aromatic N) is 3. The van der Waals surface area contributed by atoms with Gasteiger partial charge in [0, 0.05) is 25.0 Å². The molecule has 0 atom stereocenters. The molecule has 0 aromatic carbocycles. The van der Waals surface area contributed by atoms with Gasteiger partial charge in [0.2, 0.25) is 0 Å². The molecule has 2 rings (SSSR count). The van der Waals surface area contributed by atoms with Gasteiger partial charge in [0.25, 0.3) is 0 Å². The van der Waals surface area contributed by atoms with Crippen molar-refractivity contribution in [2.75, 3.05) is 18.9 Å². The Hall–Kier alpha value is -1.46. The standard InChI is InChI=1S/C13H18N4S/c1-3-14-13-6-4-5-11(16-13)7-17(2)8-12-9-18-10-15-12/h4-6,9-10H,3,7-8H2,1-2H3,(H,14,16). The van der Waals surface area contributed by atoms with Crippen molar-refractivity contribution in [2.24, 2.45) is 0 Å². The smallest absolute Gasteiger partial charge is 0.126 e. The maximum Gasteiger partial charge on any atom is 0.126 e. The lowest BCUT2D eigenvalue weighted by atomic mass is 10.3. The van der Waals surface area contributed by atoms with Gasteiger partial charge in [-0.2, -0.15) is 0 Å². The molecule has 0 spiro atoms. The molecule has 4 nitrogen and oxygen atoms in total. The first-order valence-corrected chi connectivity index (χ1v) is 6.97. The molecule has 0 bridgehead atoms. The molecule has 0 aliphatic heterocycles.